The van der Waals surface area contributed by atoms with Crippen LogP contribution in [0.4, 0.5) is 5.69 Å². The van der Waals surface area contributed by atoms with E-state index in [4.69, 9.17) is 0 Å². The number of anilines is 1. The van der Waals surface area contributed by atoms with Crippen LogP contribution in [0.15, 0.2) is 18.2 Å². The first kappa shape index (κ1) is 9.90. The Labute approximate surface area is 79.8 Å². The van der Waals surface area contributed by atoms with Crippen LogP contribution in [0.25, 0.3) is 0 Å². The lowest BCUT2D eigenvalue weighted by Gasteiger charge is -2.24. The van der Waals surface area contributed by atoms with E-state index in [9.17, 15) is 5.11 Å². The molecular weight excluding hydrogens is 162 g/mol. The number of benzene rings is 1. The average Bonchev–Trinajstić information content (AvgIpc) is 2.08. The van der Waals surface area contributed by atoms with E-state index >= 15 is 0 Å². The van der Waals surface area contributed by atoms with Gasteiger partial charge in [-0.15, -0.1) is 0 Å². The largest absolute Gasteiger partial charge is 0.508 e. The minimum Gasteiger partial charge on any atom is -0.508 e. The first-order valence-corrected chi connectivity index (χ1v) is 4.55. The van der Waals surface area contributed by atoms with E-state index < -0.39 is 0 Å². The maximum atomic E-state index is 9.50. The highest BCUT2D eigenvalue weighted by molar-refractivity contribution is 5.52. The quantitative estimate of drug-likeness (QED) is 0.754. The maximum Gasteiger partial charge on any atom is 0.120 e. The standard InChI is InChI=1S/C11H17NO/c1-8(2)12(4)10-6-5-9(3)11(13)7-10/h5-8,13H,1-4H3. The molecule has 72 valence electrons. The fraction of sp³-hybridized carbons (Fsp3) is 0.455. The summed E-state index contributed by atoms with van der Waals surface area (Å²) in [6.45, 7) is 6.14. The van der Waals surface area contributed by atoms with Gasteiger partial charge in [-0.2, -0.15) is 0 Å². The van der Waals surface area contributed by atoms with Gasteiger partial charge in [0.25, 0.3) is 0 Å². The highest BCUT2D eigenvalue weighted by Gasteiger charge is 2.05. The monoisotopic (exact) mass is 179 g/mol. The predicted molar refractivity (Wildman–Crippen MR) is 56.4 cm³/mol. The van der Waals surface area contributed by atoms with Crippen molar-refractivity contribution in [3.8, 4) is 5.75 Å². The second-order valence-electron chi connectivity index (χ2n) is 3.68. The van der Waals surface area contributed by atoms with E-state index in [1.807, 2.05) is 26.1 Å². The van der Waals surface area contributed by atoms with Crippen LogP contribution in [0.5, 0.6) is 5.75 Å². The first-order chi connectivity index (χ1) is 6.02. The Morgan fingerprint density at radius 1 is 1.31 bits per heavy atom. The third-order valence-electron chi connectivity index (χ3n) is 2.37. The summed E-state index contributed by atoms with van der Waals surface area (Å²) >= 11 is 0. The highest BCUT2D eigenvalue weighted by atomic mass is 16.3. The van der Waals surface area contributed by atoms with Gasteiger partial charge >= 0.3 is 0 Å². The number of hydrogen-bond donors (Lipinski definition) is 1. The molecule has 0 unspecified atom stereocenters. The van der Waals surface area contributed by atoms with Crippen molar-refractivity contribution in [3.05, 3.63) is 23.8 Å². The van der Waals surface area contributed by atoms with E-state index in [1.54, 1.807) is 6.07 Å². The second kappa shape index (κ2) is 3.69. The van der Waals surface area contributed by atoms with Crippen molar-refractivity contribution in [2.75, 3.05) is 11.9 Å². The molecule has 0 spiro atoms. The lowest BCUT2D eigenvalue weighted by Crippen LogP contribution is -2.25. The fourth-order valence-electron chi connectivity index (χ4n) is 1.12. The van der Waals surface area contributed by atoms with Crippen molar-refractivity contribution in [1.29, 1.82) is 0 Å². The van der Waals surface area contributed by atoms with Crippen LogP contribution < -0.4 is 4.90 Å². The second-order valence-corrected chi connectivity index (χ2v) is 3.68. The number of aromatic hydroxyl groups is 1. The zero-order valence-corrected chi connectivity index (χ0v) is 8.70. The molecule has 0 heterocycles. The third-order valence-corrected chi connectivity index (χ3v) is 2.37. The van der Waals surface area contributed by atoms with Crippen LogP contribution in [0.2, 0.25) is 0 Å². The van der Waals surface area contributed by atoms with E-state index in [2.05, 4.69) is 18.7 Å². The fourth-order valence-corrected chi connectivity index (χ4v) is 1.12. The van der Waals surface area contributed by atoms with Crippen molar-refractivity contribution < 1.29 is 5.11 Å². The number of hydrogen-bond acceptors (Lipinski definition) is 2. The summed E-state index contributed by atoms with van der Waals surface area (Å²) < 4.78 is 0. The number of nitrogens with zero attached hydrogens (tertiary/aromatic N) is 1. The van der Waals surface area contributed by atoms with Crippen LogP contribution in [0.1, 0.15) is 19.4 Å². The summed E-state index contributed by atoms with van der Waals surface area (Å²) in [4.78, 5) is 2.12. The SMILES string of the molecule is Cc1ccc(N(C)C(C)C)cc1O. The van der Waals surface area contributed by atoms with Gasteiger partial charge in [-0.05, 0) is 32.4 Å². The van der Waals surface area contributed by atoms with Gasteiger partial charge in [-0.25, -0.2) is 0 Å². The lowest BCUT2D eigenvalue weighted by atomic mass is 10.2. The smallest absolute Gasteiger partial charge is 0.120 e. The molecule has 0 radical (unpaired) electrons. The van der Waals surface area contributed by atoms with Gasteiger partial charge in [-0.3, -0.25) is 0 Å². The summed E-state index contributed by atoms with van der Waals surface area (Å²) in [5.74, 6) is 0.366. The average molecular weight is 179 g/mol. The minimum absolute atomic E-state index is 0.366. The molecule has 0 aliphatic rings. The molecule has 0 aliphatic carbocycles. The van der Waals surface area contributed by atoms with E-state index in [-0.39, 0.29) is 0 Å². The molecule has 1 rings (SSSR count). The Balaban J connectivity index is 2.97. The Morgan fingerprint density at radius 3 is 2.38 bits per heavy atom. The molecule has 0 saturated carbocycles. The summed E-state index contributed by atoms with van der Waals surface area (Å²) in [5.41, 5.74) is 1.97. The van der Waals surface area contributed by atoms with Crippen LogP contribution in [-0.4, -0.2) is 18.2 Å². The Kier molecular flexibility index (Phi) is 2.81. The molecule has 0 amide bonds. The van der Waals surface area contributed by atoms with Gasteiger partial charge in [-0.1, -0.05) is 6.07 Å². The molecule has 1 aromatic carbocycles. The van der Waals surface area contributed by atoms with Gasteiger partial charge in [0.15, 0.2) is 0 Å². The summed E-state index contributed by atoms with van der Waals surface area (Å²) in [5, 5.41) is 9.50. The molecule has 0 aliphatic heterocycles. The zero-order chi connectivity index (χ0) is 10.0. The Hall–Kier alpha value is -1.18. The third kappa shape index (κ3) is 2.14. The molecule has 2 heteroatoms. The van der Waals surface area contributed by atoms with Crippen molar-refractivity contribution in [1.82, 2.24) is 0 Å². The molecular formula is C11H17NO. The van der Waals surface area contributed by atoms with Gasteiger partial charge in [0.05, 0.1) is 0 Å². The highest BCUT2D eigenvalue weighted by Crippen LogP contribution is 2.24. The molecule has 13 heavy (non-hydrogen) atoms. The molecule has 0 fully saturated rings. The molecule has 0 aromatic heterocycles. The summed E-state index contributed by atoms with van der Waals surface area (Å²) in [6, 6.07) is 6.20. The minimum atomic E-state index is 0.366. The number of phenols is 1. The van der Waals surface area contributed by atoms with Crippen molar-refractivity contribution in [2.45, 2.75) is 26.8 Å². The Morgan fingerprint density at radius 2 is 1.92 bits per heavy atom. The van der Waals surface area contributed by atoms with Gasteiger partial charge < -0.3 is 10.0 Å². The first-order valence-electron chi connectivity index (χ1n) is 4.55. The molecule has 1 N–H and O–H groups in total. The maximum absolute atomic E-state index is 9.50. The Bertz CT molecular complexity index is 294. The van der Waals surface area contributed by atoms with E-state index in [0.717, 1.165) is 11.3 Å². The molecule has 0 atom stereocenters. The molecule has 0 saturated heterocycles. The molecule has 1 aromatic rings. The molecule has 2 nitrogen and oxygen atoms in total. The van der Waals surface area contributed by atoms with Crippen LogP contribution >= 0.6 is 0 Å². The lowest BCUT2D eigenvalue weighted by molar-refractivity contribution is 0.471. The van der Waals surface area contributed by atoms with E-state index in [0.29, 0.717) is 11.8 Å². The van der Waals surface area contributed by atoms with E-state index in [1.165, 1.54) is 0 Å². The van der Waals surface area contributed by atoms with Crippen molar-refractivity contribution in [3.63, 3.8) is 0 Å². The normalized spacial score (nSPS) is 10.5. The van der Waals surface area contributed by atoms with Gasteiger partial charge in [0.1, 0.15) is 5.75 Å². The molecule has 0 bridgehead atoms. The van der Waals surface area contributed by atoms with Crippen LogP contribution in [0.3, 0.4) is 0 Å². The number of phenolic OH excluding ortho intramolecular Hbond substituents is 1. The summed E-state index contributed by atoms with van der Waals surface area (Å²) in [6.07, 6.45) is 0. The predicted octanol–water partition coefficient (Wildman–Crippen LogP) is 2.55. The van der Waals surface area contributed by atoms with Gasteiger partial charge in [0, 0.05) is 24.8 Å². The van der Waals surface area contributed by atoms with Crippen LogP contribution in [0, 0.1) is 6.92 Å². The summed E-state index contributed by atoms with van der Waals surface area (Å²) in [7, 11) is 2.02. The van der Waals surface area contributed by atoms with Gasteiger partial charge in [0.2, 0.25) is 0 Å². The zero-order valence-electron chi connectivity index (χ0n) is 8.70. The number of aryl methyl sites for hydroxylation is 1. The topological polar surface area (TPSA) is 23.5 Å². The van der Waals surface area contributed by atoms with Crippen molar-refractivity contribution >= 4 is 5.69 Å². The van der Waals surface area contributed by atoms with Crippen LogP contribution in [-0.2, 0) is 0 Å². The van der Waals surface area contributed by atoms with Crippen molar-refractivity contribution in [2.24, 2.45) is 0 Å². The number of rotatable bonds is 2.